The van der Waals surface area contributed by atoms with Crippen LogP contribution in [-0.4, -0.2) is 42.0 Å². The van der Waals surface area contributed by atoms with E-state index in [1.54, 1.807) is 6.20 Å². The van der Waals surface area contributed by atoms with Crippen LogP contribution in [0.4, 0.5) is 10.1 Å². The van der Waals surface area contributed by atoms with E-state index in [-0.39, 0.29) is 35.9 Å². The highest BCUT2D eigenvalue weighted by molar-refractivity contribution is 6.31. The summed E-state index contributed by atoms with van der Waals surface area (Å²) in [5.41, 5.74) is 1.56. The molecule has 5 nitrogen and oxygen atoms in total. The minimum absolute atomic E-state index is 0. The van der Waals surface area contributed by atoms with Crippen LogP contribution in [0.1, 0.15) is 11.6 Å². The van der Waals surface area contributed by atoms with Gasteiger partial charge in [0.1, 0.15) is 5.82 Å². The molecule has 0 spiro atoms. The van der Waals surface area contributed by atoms with Crippen LogP contribution < -0.4 is 10.6 Å². The Hall–Kier alpha value is -1.73. The van der Waals surface area contributed by atoms with Gasteiger partial charge < -0.3 is 10.6 Å². The molecule has 134 valence electrons. The summed E-state index contributed by atoms with van der Waals surface area (Å²) in [4.78, 5) is 18.6. The number of rotatable bonds is 4. The van der Waals surface area contributed by atoms with Crippen LogP contribution in [0.15, 0.2) is 42.7 Å². The van der Waals surface area contributed by atoms with Crippen molar-refractivity contribution in [3.05, 3.63) is 59.1 Å². The summed E-state index contributed by atoms with van der Waals surface area (Å²) in [6.07, 6.45) is 3.55. The fraction of sp³-hybridized carbons (Fsp3) is 0.294. The molecule has 1 aromatic carbocycles. The van der Waals surface area contributed by atoms with Crippen LogP contribution in [0.5, 0.6) is 0 Å². The van der Waals surface area contributed by atoms with Gasteiger partial charge in [0, 0.05) is 43.8 Å². The Morgan fingerprint density at radius 3 is 3.00 bits per heavy atom. The van der Waals surface area contributed by atoms with Crippen LogP contribution in [0.3, 0.4) is 0 Å². The molecule has 8 heteroatoms. The Bertz CT molecular complexity index is 717. The summed E-state index contributed by atoms with van der Waals surface area (Å²) < 4.78 is 13.2. The van der Waals surface area contributed by atoms with Crippen LogP contribution in [-0.2, 0) is 4.79 Å². The predicted octanol–water partition coefficient (Wildman–Crippen LogP) is 2.88. The Labute approximate surface area is 157 Å². The number of pyridine rings is 1. The summed E-state index contributed by atoms with van der Waals surface area (Å²) in [5, 5.41) is 6.09. The third-order valence-electron chi connectivity index (χ3n) is 3.97. The average molecular weight is 385 g/mol. The number of halogens is 3. The van der Waals surface area contributed by atoms with Crippen LogP contribution in [0.25, 0.3) is 0 Å². The Morgan fingerprint density at radius 2 is 2.28 bits per heavy atom. The number of nitrogens with zero attached hydrogens (tertiary/aromatic N) is 2. The van der Waals surface area contributed by atoms with Crippen molar-refractivity contribution in [2.45, 2.75) is 6.04 Å². The van der Waals surface area contributed by atoms with Crippen molar-refractivity contribution in [3.8, 4) is 0 Å². The average Bonchev–Trinajstić information content (AvgIpc) is 2.59. The molecule has 1 aliphatic heterocycles. The molecule has 1 atom stereocenters. The first-order valence-corrected chi connectivity index (χ1v) is 8.11. The van der Waals surface area contributed by atoms with E-state index in [4.69, 9.17) is 11.6 Å². The number of hydrogen-bond acceptors (Lipinski definition) is 4. The second-order valence-electron chi connectivity index (χ2n) is 5.65. The Kier molecular flexibility index (Phi) is 7.13. The van der Waals surface area contributed by atoms with Crippen molar-refractivity contribution < 1.29 is 9.18 Å². The SMILES string of the molecule is Cl.O=C(CN1CCNCC1c1cccnc1)Nc1ccc(F)c(Cl)c1. The topological polar surface area (TPSA) is 57.3 Å². The van der Waals surface area contributed by atoms with Crippen molar-refractivity contribution in [1.82, 2.24) is 15.2 Å². The molecular formula is C17H19Cl2FN4O. The summed E-state index contributed by atoms with van der Waals surface area (Å²) >= 11 is 5.74. The smallest absolute Gasteiger partial charge is 0.238 e. The number of benzene rings is 1. The third kappa shape index (κ3) is 5.12. The van der Waals surface area contributed by atoms with Crippen molar-refractivity contribution in [1.29, 1.82) is 0 Å². The van der Waals surface area contributed by atoms with Gasteiger partial charge in [-0.1, -0.05) is 17.7 Å². The van der Waals surface area contributed by atoms with E-state index in [0.717, 1.165) is 25.2 Å². The third-order valence-corrected chi connectivity index (χ3v) is 4.26. The monoisotopic (exact) mass is 384 g/mol. The molecule has 1 fully saturated rings. The predicted molar refractivity (Wildman–Crippen MR) is 98.7 cm³/mol. The molecule has 2 N–H and O–H groups in total. The minimum atomic E-state index is -0.506. The van der Waals surface area contributed by atoms with Gasteiger partial charge in [0.05, 0.1) is 11.6 Å². The lowest BCUT2D eigenvalue weighted by atomic mass is 10.1. The molecule has 1 aliphatic rings. The lowest BCUT2D eigenvalue weighted by Gasteiger charge is -2.35. The molecule has 1 aromatic heterocycles. The molecule has 2 heterocycles. The van der Waals surface area contributed by atoms with Gasteiger partial charge >= 0.3 is 0 Å². The molecule has 25 heavy (non-hydrogen) atoms. The highest BCUT2D eigenvalue weighted by Gasteiger charge is 2.25. The van der Waals surface area contributed by atoms with Gasteiger partial charge in [-0.3, -0.25) is 14.7 Å². The number of hydrogen-bond donors (Lipinski definition) is 2. The number of anilines is 1. The molecule has 0 bridgehead atoms. The van der Waals surface area contributed by atoms with Crippen LogP contribution in [0.2, 0.25) is 5.02 Å². The normalized spacial score (nSPS) is 17.6. The zero-order chi connectivity index (χ0) is 16.9. The van der Waals surface area contributed by atoms with Gasteiger partial charge in [-0.15, -0.1) is 12.4 Å². The number of aromatic nitrogens is 1. The van der Waals surface area contributed by atoms with E-state index in [9.17, 15) is 9.18 Å². The first-order valence-electron chi connectivity index (χ1n) is 7.73. The largest absolute Gasteiger partial charge is 0.325 e. The van der Waals surface area contributed by atoms with E-state index in [1.807, 2.05) is 18.3 Å². The molecular weight excluding hydrogens is 366 g/mol. The fourth-order valence-electron chi connectivity index (χ4n) is 2.80. The summed E-state index contributed by atoms with van der Waals surface area (Å²) in [7, 11) is 0. The molecule has 0 radical (unpaired) electrons. The zero-order valence-electron chi connectivity index (χ0n) is 13.4. The zero-order valence-corrected chi connectivity index (χ0v) is 15.0. The van der Waals surface area contributed by atoms with E-state index < -0.39 is 5.82 Å². The molecule has 1 amide bonds. The second-order valence-corrected chi connectivity index (χ2v) is 6.06. The lowest BCUT2D eigenvalue weighted by Crippen LogP contribution is -2.48. The van der Waals surface area contributed by atoms with Gasteiger partial charge in [-0.25, -0.2) is 4.39 Å². The van der Waals surface area contributed by atoms with Gasteiger partial charge in [0.15, 0.2) is 0 Å². The van der Waals surface area contributed by atoms with E-state index >= 15 is 0 Å². The van der Waals surface area contributed by atoms with Crippen LogP contribution in [0, 0.1) is 5.82 Å². The minimum Gasteiger partial charge on any atom is -0.325 e. The quantitative estimate of drug-likeness (QED) is 0.850. The first-order chi connectivity index (χ1) is 11.6. The molecule has 1 unspecified atom stereocenters. The molecule has 0 saturated carbocycles. The molecule has 2 aromatic rings. The summed E-state index contributed by atoms with van der Waals surface area (Å²) in [6.45, 7) is 2.60. The van der Waals surface area contributed by atoms with Crippen molar-refractivity contribution in [3.63, 3.8) is 0 Å². The maximum absolute atomic E-state index is 13.2. The summed E-state index contributed by atoms with van der Waals surface area (Å²) in [6, 6.07) is 8.13. The van der Waals surface area contributed by atoms with E-state index in [1.165, 1.54) is 18.2 Å². The van der Waals surface area contributed by atoms with Gasteiger partial charge in [-0.2, -0.15) is 0 Å². The van der Waals surface area contributed by atoms with Crippen molar-refractivity contribution in [2.75, 3.05) is 31.5 Å². The Morgan fingerprint density at radius 1 is 1.44 bits per heavy atom. The number of carbonyl (C=O) groups excluding carboxylic acids is 1. The first kappa shape index (κ1) is 19.6. The highest BCUT2D eigenvalue weighted by atomic mass is 35.5. The molecule has 0 aliphatic carbocycles. The number of amides is 1. The maximum atomic E-state index is 13.2. The number of carbonyl (C=O) groups is 1. The second kappa shape index (κ2) is 9.10. The van der Waals surface area contributed by atoms with Crippen LogP contribution >= 0.6 is 24.0 Å². The number of nitrogens with one attached hydrogen (secondary N) is 2. The van der Waals surface area contributed by atoms with Crippen molar-refractivity contribution >= 4 is 35.6 Å². The molecule has 1 saturated heterocycles. The van der Waals surface area contributed by atoms with E-state index in [2.05, 4.69) is 20.5 Å². The Balaban J connectivity index is 0.00000225. The standard InChI is InChI=1S/C17H18ClFN4O.ClH/c18-14-8-13(3-4-15(14)19)22-17(24)11-23-7-6-21-10-16(23)12-2-1-5-20-9-12;/h1-5,8-9,16,21H,6-7,10-11H2,(H,22,24);1H. The fourth-order valence-corrected chi connectivity index (χ4v) is 2.98. The van der Waals surface area contributed by atoms with Gasteiger partial charge in [0.25, 0.3) is 0 Å². The summed E-state index contributed by atoms with van der Waals surface area (Å²) in [5.74, 6) is -0.665. The number of piperazine rings is 1. The lowest BCUT2D eigenvalue weighted by molar-refractivity contribution is -0.118. The highest BCUT2D eigenvalue weighted by Crippen LogP contribution is 2.22. The maximum Gasteiger partial charge on any atom is 0.238 e. The van der Waals surface area contributed by atoms with Gasteiger partial charge in [-0.05, 0) is 29.8 Å². The van der Waals surface area contributed by atoms with E-state index in [0.29, 0.717) is 5.69 Å². The molecule has 3 rings (SSSR count). The van der Waals surface area contributed by atoms with Gasteiger partial charge in [0.2, 0.25) is 5.91 Å². The van der Waals surface area contributed by atoms with Crippen molar-refractivity contribution in [2.24, 2.45) is 0 Å².